The van der Waals surface area contributed by atoms with Crippen LogP contribution >= 0.6 is 0 Å². The molecule has 2 N–H and O–H groups in total. The van der Waals surface area contributed by atoms with Gasteiger partial charge in [0.05, 0.1) is 18.2 Å². The number of halogens is 3. The molecule has 0 amide bonds. The summed E-state index contributed by atoms with van der Waals surface area (Å²) in [6, 6.07) is 5.02. The zero-order valence-corrected chi connectivity index (χ0v) is 13.2. The lowest BCUT2D eigenvalue weighted by Crippen LogP contribution is -2.25. The summed E-state index contributed by atoms with van der Waals surface area (Å²) >= 11 is 0. The minimum atomic E-state index is -4.38. The van der Waals surface area contributed by atoms with Gasteiger partial charge < -0.3 is 5.11 Å². The van der Waals surface area contributed by atoms with Crippen LogP contribution in [0.4, 0.5) is 13.2 Å². The lowest BCUT2D eigenvalue weighted by Gasteiger charge is -2.24. The molecule has 1 fully saturated rings. The van der Waals surface area contributed by atoms with Crippen LogP contribution in [-0.2, 0) is 19.1 Å². The van der Waals surface area contributed by atoms with Crippen molar-refractivity contribution in [3.8, 4) is 0 Å². The predicted molar refractivity (Wildman–Crippen MR) is 81.0 cm³/mol. The average Bonchev–Trinajstić information content (AvgIpc) is 3.13. The molecule has 2 atom stereocenters. The Kier molecular flexibility index (Phi) is 4.60. The van der Waals surface area contributed by atoms with Crippen molar-refractivity contribution in [3.05, 3.63) is 47.0 Å². The standard InChI is InChI=1S/C16H19F3N4O/c1-2-14-20-15(22-21-14)9-23-8-12(24)7-13(23)10-4-3-5-11(6-10)16(17,18)19/h3-6,12-13,24H,2,7-9H2,1H3,(H,20,21,22)/t12-,13+/m0/s1. The first-order valence-electron chi connectivity index (χ1n) is 7.86. The van der Waals surface area contributed by atoms with Gasteiger partial charge in [-0.1, -0.05) is 19.1 Å². The summed E-state index contributed by atoms with van der Waals surface area (Å²) in [5.74, 6) is 1.35. The smallest absolute Gasteiger partial charge is 0.392 e. The number of hydrogen-bond donors (Lipinski definition) is 2. The number of alkyl halides is 3. The zero-order chi connectivity index (χ0) is 17.3. The Morgan fingerprint density at radius 1 is 1.38 bits per heavy atom. The first-order valence-corrected chi connectivity index (χ1v) is 7.86. The van der Waals surface area contributed by atoms with Gasteiger partial charge in [0.1, 0.15) is 11.6 Å². The second-order valence-electron chi connectivity index (χ2n) is 6.01. The highest BCUT2D eigenvalue weighted by Crippen LogP contribution is 2.36. The Balaban J connectivity index is 1.82. The highest BCUT2D eigenvalue weighted by Gasteiger charge is 2.35. The molecule has 1 aromatic heterocycles. The largest absolute Gasteiger partial charge is 0.416 e. The van der Waals surface area contributed by atoms with Crippen molar-refractivity contribution in [2.45, 2.75) is 44.6 Å². The Hall–Kier alpha value is -1.93. The number of β-amino-alcohol motifs (C(OH)–C–C–N with tert-alkyl or cyclic N) is 1. The summed E-state index contributed by atoms with van der Waals surface area (Å²) in [6.07, 6.45) is -3.84. The molecule has 1 saturated heterocycles. The van der Waals surface area contributed by atoms with Crippen molar-refractivity contribution in [1.82, 2.24) is 20.1 Å². The molecule has 24 heavy (non-hydrogen) atoms. The summed E-state index contributed by atoms with van der Waals surface area (Å²) < 4.78 is 38.8. The molecule has 0 aliphatic carbocycles. The van der Waals surface area contributed by atoms with Crippen molar-refractivity contribution < 1.29 is 18.3 Å². The van der Waals surface area contributed by atoms with E-state index in [2.05, 4.69) is 15.2 Å². The average molecular weight is 340 g/mol. The van der Waals surface area contributed by atoms with E-state index in [1.807, 2.05) is 11.8 Å². The van der Waals surface area contributed by atoms with Gasteiger partial charge in [-0.3, -0.25) is 10.00 Å². The van der Waals surface area contributed by atoms with Crippen molar-refractivity contribution in [2.75, 3.05) is 6.54 Å². The minimum absolute atomic E-state index is 0.280. The zero-order valence-electron chi connectivity index (χ0n) is 13.2. The topological polar surface area (TPSA) is 65.0 Å². The monoisotopic (exact) mass is 340 g/mol. The third-order valence-corrected chi connectivity index (χ3v) is 4.23. The van der Waals surface area contributed by atoms with Crippen molar-refractivity contribution in [1.29, 1.82) is 0 Å². The molecular weight excluding hydrogens is 321 g/mol. The summed E-state index contributed by atoms with van der Waals surface area (Å²) in [4.78, 5) is 6.26. The van der Waals surface area contributed by atoms with Gasteiger partial charge in [0, 0.05) is 19.0 Å². The van der Waals surface area contributed by atoms with E-state index >= 15 is 0 Å². The number of aromatic amines is 1. The highest BCUT2D eigenvalue weighted by atomic mass is 19.4. The van der Waals surface area contributed by atoms with Crippen LogP contribution in [0.3, 0.4) is 0 Å². The molecule has 2 aromatic rings. The van der Waals surface area contributed by atoms with E-state index in [-0.39, 0.29) is 6.04 Å². The first kappa shape index (κ1) is 16.9. The summed E-state index contributed by atoms with van der Waals surface area (Å²) in [5, 5.41) is 16.9. The fourth-order valence-corrected chi connectivity index (χ4v) is 3.08. The van der Waals surface area contributed by atoms with Gasteiger partial charge in [-0.25, -0.2) is 4.98 Å². The molecule has 1 aromatic carbocycles. The summed E-state index contributed by atoms with van der Waals surface area (Å²) in [7, 11) is 0. The molecule has 8 heteroatoms. The highest BCUT2D eigenvalue weighted by molar-refractivity contribution is 5.29. The maximum atomic E-state index is 12.9. The van der Waals surface area contributed by atoms with E-state index in [0.717, 1.165) is 12.1 Å². The summed E-state index contributed by atoms with van der Waals surface area (Å²) in [6.45, 7) is 2.74. The van der Waals surface area contributed by atoms with Crippen LogP contribution in [0.5, 0.6) is 0 Å². The maximum absolute atomic E-state index is 12.9. The molecule has 0 unspecified atom stereocenters. The second-order valence-corrected chi connectivity index (χ2v) is 6.01. The Morgan fingerprint density at radius 2 is 2.17 bits per heavy atom. The normalized spacial score (nSPS) is 22.2. The van der Waals surface area contributed by atoms with Crippen LogP contribution in [0.25, 0.3) is 0 Å². The Morgan fingerprint density at radius 3 is 2.83 bits per heavy atom. The van der Waals surface area contributed by atoms with Crippen LogP contribution < -0.4 is 0 Å². The lowest BCUT2D eigenvalue weighted by molar-refractivity contribution is -0.137. The number of aryl methyl sites for hydroxylation is 1. The van der Waals surface area contributed by atoms with Crippen LogP contribution in [0.2, 0.25) is 0 Å². The molecule has 1 aliphatic heterocycles. The molecule has 130 valence electrons. The molecule has 2 heterocycles. The van der Waals surface area contributed by atoms with Gasteiger partial charge in [0.2, 0.25) is 0 Å². The van der Waals surface area contributed by atoms with Crippen molar-refractivity contribution in [3.63, 3.8) is 0 Å². The molecule has 3 rings (SSSR count). The van der Waals surface area contributed by atoms with Gasteiger partial charge in [0.25, 0.3) is 0 Å². The number of nitrogens with zero attached hydrogens (tertiary/aromatic N) is 3. The number of H-pyrrole nitrogens is 1. The Labute approximate surface area is 137 Å². The molecule has 0 radical (unpaired) electrons. The number of aliphatic hydroxyl groups excluding tert-OH is 1. The van der Waals surface area contributed by atoms with Crippen molar-refractivity contribution >= 4 is 0 Å². The third kappa shape index (κ3) is 3.59. The van der Waals surface area contributed by atoms with Gasteiger partial charge in [-0.2, -0.15) is 18.3 Å². The second kappa shape index (κ2) is 6.52. The van der Waals surface area contributed by atoms with Gasteiger partial charge in [0.15, 0.2) is 0 Å². The molecule has 0 saturated carbocycles. The number of likely N-dealkylation sites (tertiary alicyclic amines) is 1. The summed E-state index contributed by atoms with van der Waals surface area (Å²) in [5.41, 5.74) is -0.120. The number of aromatic nitrogens is 3. The van der Waals surface area contributed by atoms with Crippen LogP contribution in [-0.4, -0.2) is 37.8 Å². The van der Waals surface area contributed by atoms with E-state index in [9.17, 15) is 18.3 Å². The maximum Gasteiger partial charge on any atom is 0.416 e. The minimum Gasteiger partial charge on any atom is -0.392 e. The lowest BCUT2D eigenvalue weighted by atomic mass is 10.0. The van der Waals surface area contributed by atoms with E-state index in [1.165, 1.54) is 6.07 Å². The fraction of sp³-hybridized carbons (Fsp3) is 0.500. The van der Waals surface area contributed by atoms with Crippen LogP contribution in [0.1, 0.15) is 42.2 Å². The Bertz CT molecular complexity index is 701. The number of aliphatic hydroxyl groups is 1. The van der Waals surface area contributed by atoms with E-state index in [4.69, 9.17) is 0 Å². The molecule has 1 aliphatic rings. The number of rotatable bonds is 4. The number of nitrogens with one attached hydrogen (secondary N) is 1. The predicted octanol–water partition coefficient (Wildman–Crippen LogP) is 2.69. The molecular formula is C16H19F3N4O. The van der Waals surface area contributed by atoms with Crippen LogP contribution in [0.15, 0.2) is 24.3 Å². The number of hydrogen-bond acceptors (Lipinski definition) is 4. The van der Waals surface area contributed by atoms with E-state index < -0.39 is 17.8 Å². The van der Waals surface area contributed by atoms with Gasteiger partial charge in [-0.15, -0.1) is 0 Å². The van der Waals surface area contributed by atoms with Crippen LogP contribution in [0, 0.1) is 0 Å². The fourth-order valence-electron chi connectivity index (χ4n) is 3.08. The van der Waals surface area contributed by atoms with E-state index in [1.54, 1.807) is 6.07 Å². The SMILES string of the molecule is CCc1n[nH]c(CN2C[C@@H](O)C[C@@H]2c2cccc(C(F)(F)F)c2)n1. The van der Waals surface area contributed by atoms with Gasteiger partial charge >= 0.3 is 6.18 Å². The first-order chi connectivity index (χ1) is 11.4. The molecule has 0 spiro atoms. The van der Waals surface area contributed by atoms with Gasteiger partial charge in [-0.05, 0) is 24.1 Å². The molecule has 0 bridgehead atoms. The number of benzene rings is 1. The van der Waals surface area contributed by atoms with E-state index in [0.29, 0.717) is 43.1 Å². The molecule has 5 nitrogen and oxygen atoms in total. The quantitative estimate of drug-likeness (QED) is 0.898. The van der Waals surface area contributed by atoms with Crippen molar-refractivity contribution in [2.24, 2.45) is 0 Å². The third-order valence-electron chi connectivity index (χ3n) is 4.23.